The van der Waals surface area contributed by atoms with Crippen molar-refractivity contribution in [2.45, 2.75) is 6.42 Å². The van der Waals surface area contributed by atoms with E-state index in [1.165, 1.54) is 0 Å². The van der Waals surface area contributed by atoms with Gasteiger partial charge in [-0.25, -0.2) is 0 Å². The van der Waals surface area contributed by atoms with Gasteiger partial charge in [0.25, 0.3) is 0 Å². The summed E-state index contributed by atoms with van der Waals surface area (Å²) < 4.78 is 10.5. The topological polar surface area (TPSA) is 47.6 Å². The SMILES string of the molecule is C=C(CC(=O)c1ccc(Cl)cc1)Nc1ccc(OC)cc1OC. The van der Waals surface area contributed by atoms with Gasteiger partial charge in [-0.1, -0.05) is 18.2 Å². The summed E-state index contributed by atoms with van der Waals surface area (Å²) in [5.74, 6) is 1.27. The summed E-state index contributed by atoms with van der Waals surface area (Å²) in [4.78, 5) is 12.2. The molecule has 2 aromatic carbocycles. The van der Waals surface area contributed by atoms with Crippen LogP contribution in [0, 0.1) is 0 Å². The van der Waals surface area contributed by atoms with Crippen LogP contribution >= 0.6 is 11.6 Å². The molecule has 0 amide bonds. The van der Waals surface area contributed by atoms with Crippen molar-refractivity contribution in [3.63, 3.8) is 0 Å². The molecule has 0 saturated heterocycles. The Kier molecular flexibility index (Phi) is 5.66. The molecule has 2 aromatic rings. The maximum atomic E-state index is 12.2. The predicted molar refractivity (Wildman–Crippen MR) is 92.7 cm³/mol. The number of halogens is 1. The average Bonchev–Trinajstić information content (AvgIpc) is 2.55. The van der Waals surface area contributed by atoms with Crippen molar-refractivity contribution in [2.24, 2.45) is 0 Å². The molecule has 23 heavy (non-hydrogen) atoms. The molecule has 4 nitrogen and oxygen atoms in total. The molecule has 120 valence electrons. The van der Waals surface area contributed by atoms with Crippen molar-refractivity contribution >= 4 is 23.1 Å². The molecular weight excluding hydrogens is 314 g/mol. The number of allylic oxidation sites excluding steroid dienone is 1. The molecule has 0 saturated carbocycles. The highest BCUT2D eigenvalue weighted by molar-refractivity contribution is 6.30. The molecule has 0 atom stereocenters. The first-order chi connectivity index (χ1) is 11.0. The first kappa shape index (κ1) is 16.9. The number of hydrogen-bond donors (Lipinski definition) is 1. The van der Waals surface area contributed by atoms with Crippen LogP contribution in [-0.2, 0) is 0 Å². The van der Waals surface area contributed by atoms with Crippen LogP contribution in [-0.4, -0.2) is 20.0 Å². The molecule has 0 spiro atoms. The van der Waals surface area contributed by atoms with Gasteiger partial charge in [-0.05, 0) is 36.4 Å². The second kappa shape index (κ2) is 7.70. The first-order valence-electron chi connectivity index (χ1n) is 6.99. The maximum absolute atomic E-state index is 12.2. The lowest BCUT2D eigenvalue weighted by Crippen LogP contribution is -2.07. The van der Waals surface area contributed by atoms with E-state index in [9.17, 15) is 4.79 Å². The van der Waals surface area contributed by atoms with Gasteiger partial charge < -0.3 is 14.8 Å². The van der Waals surface area contributed by atoms with Gasteiger partial charge in [0.1, 0.15) is 11.5 Å². The molecule has 0 radical (unpaired) electrons. The Balaban J connectivity index is 2.04. The van der Waals surface area contributed by atoms with Crippen molar-refractivity contribution in [1.82, 2.24) is 0 Å². The minimum Gasteiger partial charge on any atom is -0.497 e. The van der Waals surface area contributed by atoms with Gasteiger partial charge in [-0.2, -0.15) is 0 Å². The van der Waals surface area contributed by atoms with Crippen LogP contribution in [0.5, 0.6) is 11.5 Å². The van der Waals surface area contributed by atoms with E-state index >= 15 is 0 Å². The molecule has 0 unspecified atom stereocenters. The summed E-state index contributed by atoms with van der Waals surface area (Å²) in [6.45, 7) is 3.91. The number of nitrogens with one attached hydrogen (secondary N) is 1. The third kappa shape index (κ3) is 4.50. The normalized spacial score (nSPS) is 10.0. The van der Waals surface area contributed by atoms with Crippen molar-refractivity contribution in [1.29, 1.82) is 0 Å². The van der Waals surface area contributed by atoms with E-state index in [0.29, 0.717) is 27.8 Å². The molecule has 0 heterocycles. The van der Waals surface area contributed by atoms with Crippen LogP contribution < -0.4 is 14.8 Å². The minimum atomic E-state index is -0.0355. The number of hydrogen-bond acceptors (Lipinski definition) is 4. The van der Waals surface area contributed by atoms with Crippen LogP contribution in [0.15, 0.2) is 54.7 Å². The zero-order chi connectivity index (χ0) is 16.8. The van der Waals surface area contributed by atoms with Gasteiger partial charge in [0.2, 0.25) is 0 Å². The Bertz CT molecular complexity index is 711. The fourth-order valence-electron chi connectivity index (χ4n) is 2.07. The summed E-state index contributed by atoms with van der Waals surface area (Å²) in [6, 6.07) is 12.2. The lowest BCUT2D eigenvalue weighted by molar-refractivity contribution is 0.0993. The minimum absolute atomic E-state index is 0.0355. The molecule has 0 aliphatic heterocycles. The molecule has 0 aliphatic rings. The fourth-order valence-corrected chi connectivity index (χ4v) is 2.19. The number of carbonyl (C=O) groups excluding carboxylic acids is 1. The lowest BCUT2D eigenvalue weighted by atomic mass is 10.1. The molecule has 0 bridgehead atoms. The first-order valence-corrected chi connectivity index (χ1v) is 7.37. The third-order valence-corrected chi connectivity index (χ3v) is 3.51. The number of Topliss-reactive ketones (excluding diaryl/α,β-unsaturated/α-hetero) is 1. The van der Waals surface area contributed by atoms with E-state index in [1.807, 2.05) is 6.07 Å². The molecule has 0 fully saturated rings. The molecule has 0 aliphatic carbocycles. The second-order valence-corrected chi connectivity index (χ2v) is 5.34. The number of carbonyl (C=O) groups is 1. The van der Waals surface area contributed by atoms with Crippen molar-refractivity contribution in [3.8, 4) is 11.5 Å². The Morgan fingerprint density at radius 3 is 2.43 bits per heavy atom. The third-order valence-electron chi connectivity index (χ3n) is 3.26. The van der Waals surface area contributed by atoms with Crippen LogP contribution in [0.1, 0.15) is 16.8 Å². The summed E-state index contributed by atoms with van der Waals surface area (Å²) >= 11 is 5.82. The smallest absolute Gasteiger partial charge is 0.168 e. The Labute approximate surface area is 140 Å². The standard InChI is InChI=1S/C18H18ClNO3/c1-12(10-17(21)13-4-6-14(19)7-5-13)20-16-9-8-15(22-2)11-18(16)23-3/h4-9,11,20H,1,10H2,2-3H3. The van der Waals surface area contributed by atoms with Crippen molar-refractivity contribution in [3.05, 3.63) is 65.3 Å². The van der Waals surface area contributed by atoms with Crippen LogP contribution in [0.3, 0.4) is 0 Å². The summed E-state index contributed by atoms with van der Waals surface area (Å²) in [5.41, 5.74) is 1.90. The molecule has 0 aromatic heterocycles. The largest absolute Gasteiger partial charge is 0.497 e. The Morgan fingerprint density at radius 2 is 1.83 bits per heavy atom. The molecule has 5 heteroatoms. The van der Waals surface area contributed by atoms with E-state index < -0.39 is 0 Å². The van der Waals surface area contributed by atoms with Gasteiger partial charge in [0.05, 0.1) is 26.3 Å². The average molecular weight is 332 g/mol. The number of anilines is 1. The number of rotatable bonds is 7. The van der Waals surface area contributed by atoms with Crippen LogP contribution in [0.25, 0.3) is 0 Å². The van der Waals surface area contributed by atoms with E-state index in [1.54, 1.807) is 50.6 Å². The predicted octanol–water partition coefficient (Wildman–Crippen LogP) is 4.56. The van der Waals surface area contributed by atoms with Gasteiger partial charge in [0.15, 0.2) is 5.78 Å². The van der Waals surface area contributed by atoms with Crippen molar-refractivity contribution in [2.75, 3.05) is 19.5 Å². The highest BCUT2D eigenvalue weighted by Crippen LogP contribution is 2.30. The van der Waals surface area contributed by atoms with Crippen LogP contribution in [0.2, 0.25) is 5.02 Å². The molecular formula is C18H18ClNO3. The highest BCUT2D eigenvalue weighted by Gasteiger charge is 2.10. The number of benzene rings is 2. The zero-order valence-electron chi connectivity index (χ0n) is 13.1. The summed E-state index contributed by atoms with van der Waals surface area (Å²) in [6.07, 6.45) is 0.177. The molecule has 2 rings (SSSR count). The van der Waals surface area contributed by atoms with Crippen molar-refractivity contribution < 1.29 is 14.3 Å². The fraction of sp³-hybridized carbons (Fsp3) is 0.167. The van der Waals surface area contributed by atoms with E-state index in [-0.39, 0.29) is 12.2 Å². The number of methoxy groups -OCH3 is 2. The second-order valence-electron chi connectivity index (χ2n) is 4.90. The van der Waals surface area contributed by atoms with Crippen LogP contribution in [0.4, 0.5) is 5.69 Å². The van der Waals surface area contributed by atoms with Gasteiger partial charge in [-0.3, -0.25) is 4.79 Å². The monoisotopic (exact) mass is 331 g/mol. The maximum Gasteiger partial charge on any atom is 0.168 e. The molecule has 1 N–H and O–H groups in total. The van der Waals surface area contributed by atoms with Gasteiger partial charge in [0, 0.05) is 22.3 Å². The lowest BCUT2D eigenvalue weighted by Gasteiger charge is -2.14. The zero-order valence-corrected chi connectivity index (χ0v) is 13.8. The summed E-state index contributed by atoms with van der Waals surface area (Å²) in [5, 5.41) is 3.70. The quantitative estimate of drug-likeness (QED) is 0.756. The highest BCUT2D eigenvalue weighted by atomic mass is 35.5. The number of ether oxygens (including phenoxy) is 2. The van der Waals surface area contributed by atoms with E-state index in [4.69, 9.17) is 21.1 Å². The Hall–Kier alpha value is -2.46. The summed E-state index contributed by atoms with van der Waals surface area (Å²) in [7, 11) is 3.16. The van der Waals surface area contributed by atoms with Gasteiger partial charge >= 0.3 is 0 Å². The number of ketones is 1. The van der Waals surface area contributed by atoms with E-state index in [0.717, 1.165) is 5.69 Å². The van der Waals surface area contributed by atoms with E-state index in [2.05, 4.69) is 11.9 Å². The van der Waals surface area contributed by atoms with Gasteiger partial charge in [-0.15, -0.1) is 0 Å². The Morgan fingerprint density at radius 1 is 1.13 bits per heavy atom.